The van der Waals surface area contributed by atoms with E-state index in [-0.39, 0.29) is 33.6 Å². The molecule has 0 aromatic heterocycles. The van der Waals surface area contributed by atoms with Gasteiger partial charge >= 0.3 is 5.97 Å². The van der Waals surface area contributed by atoms with Gasteiger partial charge in [0.15, 0.2) is 11.6 Å². The van der Waals surface area contributed by atoms with Gasteiger partial charge < -0.3 is 20.7 Å². The van der Waals surface area contributed by atoms with Crippen molar-refractivity contribution in [2.24, 2.45) is 0 Å². The Morgan fingerprint density at radius 1 is 0.935 bits per heavy atom. The molecule has 4 rings (SSSR count). The summed E-state index contributed by atoms with van der Waals surface area (Å²) < 4.78 is 35.4. The summed E-state index contributed by atoms with van der Waals surface area (Å²) >= 11 is 0. The fourth-order valence-corrected chi connectivity index (χ4v) is 4.12. The summed E-state index contributed by atoms with van der Waals surface area (Å²) in [6, 6.07) is 12.3. The minimum absolute atomic E-state index is 0.0333. The normalized spacial score (nSPS) is 12.8. The summed E-state index contributed by atoms with van der Waals surface area (Å²) in [6.45, 7) is 0. The van der Waals surface area contributed by atoms with E-state index in [1.807, 2.05) is 0 Å². The van der Waals surface area contributed by atoms with Gasteiger partial charge in [-0.1, -0.05) is 30.3 Å². The van der Waals surface area contributed by atoms with Crippen LogP contribution in [0.1, 0.15) is 42.2 Å². The molecule has 0 spiro atoms. The van der Waals surface area contributed by atoms with Gasteiger partial charge in [-0.25, -0.2) is 13.2 Å². The Labute approximate surface area is 175 Å². The molecular formula is C21H13N2O7S-. The molecule has 0 atom stereocenters. The number of hydrogen-bond donors (Lipinski definition) is 3. The van der Waals surface area contributed by atoms with Crippen LogP contribution < -0.4 is 11.1 Å². The van der Waals surface area contributed by atoms with Crippen molar-refractivity contribution in [1.82, 2.24) is 0 Å². The first-order valence-corrected chi connectivity index (χ1v) is 10.2. The van der Waals surface area contributed by atoms with E-state index in [0.717, 1.165) is 6.07 Å². The van der Waals surface area contributed by atoms with Gasteiger partial charge in [0.2, 0.25) is 0 Å². The average molecular weight is 437 g/mol. The third-order valence-electron chi connectivity index (χ3n) is 4.86. The molecule has 3 aromatic rings. The molecule has 1 aliphatic rings. The fourth-order valence-electron chi connectivity index (χ4n) is 3.48. The quantitative estimate of drug-likeness (QED) is 0.321. The van der Waals surface area contributed by atoms with Crippen LogP contribution >= 0.6 is 0 Å². The van der Waals surface area contributed by atoms with Crippen LogP contribution in [0.2, 0.25) is 0 Å². The van der Waals surface area contributed by atoms with Gasteiger partial charge in [-0.05, 0) is 24.3 Å². The van der Waals surface area contributed by atoms with Crippen molar-refractivity contribution in [3.05, 3.63) is 82.4 Å². The Bertz CT molecular complexity index is 1410. The highest BCUT2D eigenvalue weighted by Gasteiger charge is 2.35. The number of hydrogen-bond acceptors (Lipinski definition) is 8. The zero-order valence-electron chi connectivity index (χ0n) is 15.6. The molecule has 0 amide bonds. The maximum absolute atomic E-state index is 13.2. The zero-order valence-corrected chi connectivity index (χ0v) is 16.4. The van der Waals surface area contributed by atoms with Crippen molar-refractivity contribution >= 4 is 44.7 Å². The Hall–Kier alpha value is -4.02. The highest BCUT2D eigenvalue weighted by atomic mass is 32.2. The number of nitrogens with two attached hydrogens (primary N) is 1. The SMILES string of the molecule is Nc1c(S(=O)(=O)[O-])cc(Nc2cccc(C(=O)O)c2)c2c1C(=O)c1ccccc1C2=O. The molecule has 4 N–H and O–H groups in total. The summed E-state index contributed by atoms with van der Waals surface area (Å²) in [5.41, 5.74) is 4.76. The monoisotopic (exact) mass is 437 g/mol. The molecule has 10 heteroatoms. The molecule has 0 radical (unpaired) electrons. The van der Waals surface area contributed by atoms with Crippen molar-refractivity contribution in [2.45, 2.75) is 4.90 Å². The number of nitrogen functional groups attached to an aromatic ring is 1. The molecule has 0 aliphatic heterocycles. The standard InChI is InChI=1S/C21H14N2O7S/c22-18-15(31(28,29)30)9-14(23-11-5-3-4-10(8-11)21(26)27)16-17(18)20(25)13-7-2-1-6-12(13)19(16)24/h1-9,23H,22H2,(H,26,27)(H,28,29,30)/p-1. The third-order valence-corrected chi connectivity index (χ3v) is 5.73. The van der Waals surface area contributed by atoms with Gasteiger partial charge in [-0.2, -0.15) is 0 Å². The number of fused-ring (bicyclic) bond motifs is 2. The van der Waals surface area contributed by atoms with E-state index in [9.17, 15) is 32.5 Å². The fraction of sp³-hybridized carbons (Fsp3) is 0. The molecule has 156 valence electrons. The van der Waals surface area contributed by atoms with Crippen molar-refractivity contribution in [3.8, 4) is 0 Å². The number of carbonyl (C=O) groups excluding carboxylic acids is 2. The Morgan fingerprint density at radius 3 is 2.13 bits per heavy atom. The number of benzene rings is 3. The smallest absolute Gasteiger partial charge is 0.335 e. The van der Waals surface area contributed by atoms with E-state index in [2.05, 4.69) is 5.32 Å². The number of anilines is 3. The molecule has 9 nitrogen and oxygen atoms in total. The van der Waals surface area contributed by atoms with Crippen LogP contribution in [0.3, 0.4) is 0 Å². The summed E-state index contributed by atoms with van der Waals surface area (Å²) in [6.07, 6.45) is 0. The molecule has 0 heterocycles. The molecular weight excluding hydrogens is 424 g/mol. The molecule has 1 aliphatic carbocycles. The zero-order chi connectivity index (χ0) is 22.5. The molecule has 31 heavy (non-hydrogen) atoms. The summed E-state index contributed by atoms with van der Waals surface area (Å²) in [7, 11) is -5.09. The minimum Gasteiger partial charge on any atom is -0.744 e. The van der Waals surface area contributed by atoms with Crippen LogP contribution in [-0.4, -0.2) is 35.6 Å². The summed E-state index contributed by atoms with van der Waals surface area (Å²) in [5.74, 6) is -2.50. The first-order chi connectivity index (χ1) is 14.6. The van der Waals surface area contributed by atoms with Gasteiger partial charge in [-0.15, -0.1) is 0 Å². The van der Waals surface area contributed by atoms with E-state index < -0.39 is 43.8 Å². The molecule has 0 saturated carbocycles. The predicted molar refractivity (Wildman–Crippen MR) is 109 cm³/mol. The minimum atomic E-state index is -5.09. The molecule has 3 aromatic carbocycles. The molecule has 0 fully saturated rings. The van der Waals surface area contributed by atoms with E-state index in [1.54, 1.807) is 6.07 Å². The van der Waals surface area contributed by atoms with Crippen molar-refractivity contribution in [2.75, 3.05) is 11.1 Å². The lowest BCUT2D eigenvalue weighted by atomic mass is 9.82. The van der Waals surface area contributed by atoms with E-state index >= 15 is 0 Å². The number of ketones is 2. The average Bonchev–Trinajstić information content (AvgIpc) is 2.72. The van der Waals surface area contributed by atoms with E-state index in [0.29, 0.717) is 0 Å². The maximum Gasteiger partial charge on any atom is 0.335 e. The highest BCUT2D eigenvalue weighted by Crippen LogP contribution is 2.40. The second-order valence-electron chi connectivity index (χ2n) is 6.75. The van der Waals surface area contributed by atoms with Crippen LogP contribution in [0.5, 0.6) is 0 Å². The van der Waals surface area contributed by atoms with Crippen molar-refractivity contribution in [1.29, 1.82) is 0 Å². The van der Waals surface area contributed by atoms with Crippen LogP contribution in [-0.2, 0) is 10.1 Å². The molecule has 0 saturated heterocycles. The Morgan fingerprint density at radius 2 is 1.55 bits per heavy atom. The topological polar surface area (TPSA) is 167 Å². The first-order valence-electron chi connectivity index (χ1n) is 8.80. The second-order valence-corrected chi connectivity index (χ2v) is 8.10. The van der Waals surface area contributed by atoms with Crippen LogP contribution in [0.15, 0.2) is 59.5 Å². The third kappa shape index (κ3) is 3.33. The number of nitrogens with one attached hydrogen (secondary N) is 1. The highest BCUT2D eigenvalue weighted by molar-refractivity contribution is 7.86. The number of carboxylic acid groups (broad SMARTS) is 1. The molecule has 0 bridgehead atoms. The van der Waals surface area contributed by atoms with Crippen LogP contribution in [0.25, 0.3) is 0 Å². The summed E-state index contributed by atoms with van der Waals surface area (Å²) in [4.78, 5) is 36.6. The van der Waals surface area contributed by atoms with Gasteiger partial charge in [0.05, 0.1) is 33.0 Å². The van der Waals surface area contributed by atoms with E-state index in [1.165, 1.54) is 42.5 Å². The predicted octanol–water partition coefficient (Wildman–Crippen LogP) is 2.39. The number of carbonyl (C=O) groups is 3. The first kappa shape index (κ1) is 20.3. The van der Waals surface area contributed by atoms with Gasteiger partial charge in [-0.3, -0.25) is 9.59 Å². The van der Waals surface area contributed by atoms with Crippen molar-refractivity contribution < 1.29 is 32.5 Å². The number of rotatable bonds is 4. The van der Waals surface area contributed by atoms with Gasteiger partial charge in [0, 0.05) is 16.8 Å². The number of carboxylic acids is 1. The molecule has 0 unspecified atom stereocenters. The lowest BCUT2D eigenvalue weighted by Crippen LogP contribution is -2.25. The Kier molecular flexibility index (Phi) is 4.60. The Balaban J connectivity index is 2.00. The van der Waals surface area contributed by atoms with E-state index in [4.69, 9.17) is 5.73 Å². The lowest BCUT2D eigenvalue weighted by Gasteiger charge is -2.25. The lowest BCUT2D eigenvalue weighted by molar-refractivity contribution is 0.0696. The second kappa shape index (κ2) is 7.04. The van der Waals surface area contributed by atoms with Gasteiger partial charge in [0.1, 0.15) is 10.1 Å². The van der Waals surface area contributed by atoms with Crippen molar-refractivity contribution in [3.63, 3.8) is 0 Å². The van der Waals surface area contributed by atoms with Crippen LogP contribution in [0.4, 0.5) is 17.1 Å². The van der Waals surface area contributed by atoms with Crippen LogP contribution in [0, 0.1) is 0 Å². The largest absolute Gasteiger partial charge is 0.744 e. The van der Waals surface area contributed by atoms with Gasteiger partial charge in [0.25, 0.3) is 0 Å². The maximum atomic E-state index is 13.2. The number of aromatic carboxylic acids is 1. The summed E-state index contributed by atoms with van der Waals surface area (Å²) in [5, 5.41) is 11.9.